The molecule has 0 aliphatic heterocycles. The maximum atomic E-state index is 12.2. The van der Waals surface area contributed by atoms with Gasteiger partial charge in [0.05, 0.1) is 5.41 Å². The van der Waals surface area contributed by atoms with E-state index in [1.54, 1.807) is 6.20 Å². The summed E-state index contributed by atoms with van der Waals surface area (Å²) in [6.07, 6.45) is 5.75. The van der Waals surface area contributed by atoms with Gasteiger partial charge in [-0.3, -0.25) is 9.78 Å². The summed E-state index contributed by atoms with van der Waals surface area (Å²) in [5, 5.41) is 6.17. The van der Waals surface area contributed by atoms with Gasteiger partial charge < -0.3 is 10.6 Å². The van der Waals surface area contributed by atoms with Crippen LogP contribution in [0.25, 0.3) is 0 Å². The maximum Gasteiger partial charge on any atom is 0.227 e. The molecule has 0 unspecified atom stereocenters. The number of hydrogen-bond donors (Lipinski definition) is 2. The quantitative estimate of drug-likeness (QED) is 0.792. The van der Waals surface area contributed by atoms with Crippen LogP contribution >= 0.6 is 0 Å². The number of amides is 1. The standard InChI is InChI=1S/C14H21N3O/c1-15-11-14(7-4-8-14)13(18)17-10-6-12-5-2-3-9-16-12/h2-3,5,9,15H,4,6-8,10-11H2,1H3,(H,17,18). The molecule has 1 aliphatic rings. The summed E-state index contributed by atoms with van der Waals surface area (Å²) in [5.41, 5.74) is 0.868. The van der Waals surface area contributed by atoms with E-state index in [9.17, 15) is 4.79 Å². The molecule has 1 aromatic rings. The van der Waals surface area contributed by atoms with E-state index >= 15 is 0 Å². The van der Waals surface area contributed by atoms with Crippen molar-refractivity contribution in [3.8, 4) is 0 Å². The summed E-state index contributed by atoms with van der Waals surface area (Å²) in [4.78, 5) is 16.4. The number of carbonyl (C=O) groups is 1. The third kappa shape index (κ3) is 2.88. The summed E-state index contributed by atoms with van der Waals surface area (Å²) < 4.78 is 0. The first-order valence-corrected chi connectivity index (χ1v) is 6.60. The van der Waals surface area contributed by atoms with Crippen molar-refractivity contribution >= 4 is 5.91 Å². The normalized spacial score (nSPS) is 16.9. The van der Waals surface area contributed by atoms with Crippen molar-refractivity contribution in [1.82, 2.24) is 15.6 Å². The second kappa shape index (κ2) is 5.96. The smallest absolute Gasteiger partial charge is 0.227 e. The molecule has 1 amide bonds. The van der Waals surface area contributed by atoms with E-state index < -0.39 is 0 Å². The molecule has 0 bridgehead atoms. The topological polar surface area (TPSA) is 54.0 Å². The Bertz CT molecular complexity index is 387. The molecule has 1 saturated carbocycles. The fraction of sp³-hybridized carbons (Fsp3) is 0.571. The van der Waals surface area contributed by atoms with Gasteiger partial charge >= 0.3 is 0 Å². The molecule has 98 valence electrons. The van der Waals surface area contributed by atoms with Crippen LogP contribution in [-0.2, 0) is 11.2 Å². The molecule has 0 aromatic carbocycles. The first kappa shape index (κ1) is 13.0. The molecule has 0 saturated heterocycles. The highest BCUT2D eigenvalue weighted by Gasteiger charge is 2.43. The van der Waals surface area contributed by atoms with Crippen LogP contribution in [0.15, 0.2) is 24.4 Å². The third-order valence-corrected chi connectivity index (χ3v) is 3.70. The highest BCUT2D eigenvalue weighted by molar-refractivity contribution is 5.83. The second-order valence-corrected chi connectivity index (χ2v) is 4.99. The number of hydrogen-bond acceptors (Lipinski definition) is 3. The van der Waals surface area contributed by atoms with E-state index in [0.29, 0.717) is 6.54 Å². The Labute approximate surface area is 108 Å². The van der Waals surface area contributed by atoms with Crippen LogP contribution in [-0.4, -0.2) is 31.0 Å². The lowest BCUT2D eigenvalue weighted by atomic mass is 9.68. The van der Waals surface area contributed by atoms with Crippen LogP contribution in [0.3, 0.4) is 0 Å². The number of nitrogens with zero attached hydrogens (tertiary/aromatic N) is 1. The van der Waals surface area contributed by atoms with Crippen molar-refractivity contribution in [3.05, 3.63) is 30.1 Å². The van der Waals surface area contributed by atoms with Crippen LogP contribution in [0.5, 0.6) is 0 Å². The van der Waals surface area contributed by atoms with Crippen molar-refractivity contribution in [2.45, 2.75) is 25.7 Å². The minimum atomic E-state index is -0.154. The predicted octanol–water partition coefficient (Wildman–Crippen LogP) is 1.13. The highest BCUT2D eigenvalue weighted by atomic mass is 16.2. The average molecular weight is 247 g/mol. The molecule has 1 aliphatic carbocycles. The van der Waals surface area contributed by atoms with E-state index in [1.165, 1.54) is 0 Å². The van der Waals surface area contributed by atoms with Crippen LogP contribution in [0.2, 0.25) is 0 Å². The largest absolute Gasteiger partial charge is 0.355 e. The fourth-order valence-electron chi connectivity index (χ4n) is 2.46. The average Bonchev–Trinajstić information content (AvgIpc) is 2.35. The van der Waals surface area contributed by atoms with E-state index in [1.807, 2.05) is 25.2 Å². The van der Waals surface area contributed by atoms with Gasteiger partial charge in [0, 0.05) is 31.4 Å². The highest BCUT2D eigenvalue weighted by Crippen LogP contribution is 2.40. The van der Waals surface area contributed by atoms with Crippen molar-refractivity contribution in [2.75, 3.05) is 20.1 Å². The zero-order chi connectivity index (χ0) is 12.8. The number of rotatable bonds is 6. The molecule has 1 heterocycles. The van der Waals surface area contributed by atoms with Crippen LogP contribution < -0.4 is 10.6 Å². The van der Waals surface area contributed by atoms with Gasteiger partial charge in [0.1, 0.15) is 0 Å². The van der Waals surface area contributed by atoms with E-state index in [-0.39, 0.29) is 11.3 Å². The van der Waals surface area contributed by atoms with Gasteiger partial charge in [-0.15, -0.1) is 0 Å². The van der Waals surface area contributed by atoms with Crippen molar-refractivity contribution in [2.24, 2.45) is 5.41 Å². The molecule has 0 atom stereocenters. The molecule has 2 N–H and O–H groups in total. The van der Waals surface area contributed by atoms with Crippen molar-refractivity contribution in [3.63, 3.8) is 0 Å². The van der Waals surface area contributed by atoms with E-state index in [2.05, 4.69) is 15.6 Å². The van der Waals surface area contributed by atoms with Gasteiger partial charge in [0.15, 0.2) is 0 Å². The molecule has 18 heavy (non-hydrogen) atoms. The van der Waals surface area contributed by atoms with E-state index in [0.717, 1.165) is 37.9 Å². The SMILES string of the molecule is CNCC1(C(=O)NCCc2ccccn2)CCC1. The van der Waals surface area contributed by atoms with Crippen molar-refractivity contribution < 1.29 is 4.79 Å². The molecule has 4 heteroatoms. The van der Waals surface area contributed by atoms with Crippen LogP contribution in [0, 0.1) is 5.41 Å². The van der Waals surface area contributed by atoms with Gasteiger partial charge in [-0.25, -0.2) is 0 Å². The molecule has 0 radical (unpaired) electrons. The van der Waals surface area contributed by atoms with Gasteiger partial charge in [-0.2, -0.15) is 0 Å². The molecular weight excluding hydrogens is 226 g/mol. The molecule has 1 aromatic heterocycles. The Morgan fingerprint density at radius 2 is 2.28 bits per heavy atom. The first-order valence-electron chi connectivity index (χ1n) is 6.60. The predicted molar refractivity (Wildman–Crippen MR) is 71.2 cm³/mol. The number of carbonyl (C=O) groups excluding carboxylic acids is 1. The van der Waals surface area contributed by atoms with Gasteiger partial charge in [-0.05, 0) is 32.0 Å². The lowest BCUT2D eigenvalue weighted by Crippen LogP contribution is -2.51. The van der Waals surface area contributed by atoms with Gasteiger partial charge in [0.2, 0.25) is 5.91 Å². The lowest BCUT2D eigenvalue weighted by molar-refractivity contribution is -0.135. The first-order chi connectivity index (χ1) is 8.77. The molecule has 4 nitrogen and oxygen atoms in total. The monoisotopic (exact) mass is 247 g/mol. The van der Waals surface area contributed by atoms with Gasteiger partial charge in [0.25, 0.3) is 0 Å². The number of aromatic nitrogens is 1. The summed E-state index contributed by atoms with van der Waals surface area (Å²) in [5.74, 6) is 0.194. The number of nitrogens with one attached hydrogen (secondary N) is 2. The lowest BCUT2D eigenvalue weighted by Gasteiger charge is -2.40. The maximum absolute atomic E-state index is 12.2. The van der Waals surface area contributed by atoms with Crippen molar-refractivity contribution in [1.29, 1.82) is 0 Å². The fourth-order valence-corrected chi connectivity index (χ4v) is 2.46. The van der Waals surface area contributed by atoms with Crippen LogP contribution in [0.1, 0.15) is 25.0 Å². The zero-order valence-corrected chi connectivity index (χ0v) is 10.9. The molecular formula is C14H21N3O. The second-order valence-electron chi connectivity index (χ2n) is 4.99. The molecule has 1 fully saturated rings. The van der Waals surface area contributed by atoms with E-state index in [4.69, 9.17) is 0 Å². The minimum Gasteiger partial charge on any atom is -0.355 e. The molecule has 0 spiro atoms. The summed E-state index contributed by atoms with van der Waals surface area (Å²) in [6.45, 7) is 1.45. The zero-order valence-electron chi connectivity index (χ0n) is 10.9. The Morgan fingerprint density at radius 1 is 1.44 bits per heavy atom. The molecule has 2 rings (SSSR count). The van der Waals surface area contributed by atoms with Crippen LogP contribution in [0.4, 0.5) is 0 Å². The minimum absolute atomic E-state index is 0.154. The third-order valence-electron chi connectivity index (χ3n) is 3.70. The Balaban J connectivity index is 1.78. The summed E-state index contributed by atoms with van der Waals surface area (Å²) >= 11 is 0. The van der Waals surface area contributed by atoms with Gasteiger partial charge in [-0.1, -0.05) is 12.5 Å². The summed E-state index contributed by atoms with van der Waals surface area (Å²) in [6, 6.07) is 5.86. The Morgan fingerprint density at radius 3 is 2.83 bits per heavy atom. The Hall–Kier alpha value is -1.42. The Kier molecular flexibility index (Phi) is 4.31. The number of pyridine rings is 1. The summed E-state index contributed by atoms with van der Waals surface area (Å²) in [7, 11) is 1.90.